The summed E-state index contributed by atoms with van der Waals surface area (Å²) in [6.45, 7) is 4.23. The zero-order chi connectivity index (χ0) is 19.2. The molecule has 3 rings (SSSR count). The van der Waals surface area contributed by atoms with Crippen molar-refractivity contribution in [2.45, 2.75) is 26.2 Å². The van der Waals surface area contributed by atoms with E-state index >= 15 is 0 Å². The molecule has 4 nitrogen and oxygen atoms in total. The SMILES string of the molecule is CC(C)CC(C(=O)NCC#N)c1cccc(-c2ccc3cccnc3c2)c1. The fourth-order valence-electron chi connectivity index (χ4n) is 3.30. The van der Waals surface area contributed by atoms with Crippen molar-refractivity contribution in [3.05, 3.63) is 66.4 Å². The number of rotatable bonds is 6. The monoisotopic (exact) mass is 357 g/mol. The van der Waals surface area contributed by atoms with E-state index in [4.69, 9.17) is 5.26 Å². The van der Waals surface area contributed by atoms with E-state index in [1.807, 2.05) is 36.4 Å². The van der Waals surface area contributed by atoms with Gasteiger partial charge in [0.15, 0.2) is 0 Å². The first-order chi connectivity index (χ1) is 13.1. The smallest absolute Gasteiger partial charge is 0.228 e. The molecule has 2 aromatic carbocycles. The standard InChI is InChI=1S/C23H23N3O/c1-16(2)13-21(23(27)26-12-10-24)20-6-3-5-18(14-20)19-9-8-17-7-4-11-25-22(17)15-19/h3-9,11,14-16,21H,12-13H2,1-2H3,(H,26,27). The van der Waals surface area contributed by atoms with E-state index in [0.717, 1.165) is 34.0 Å². The molecule has 0 aliphatic carbocycles. The lowest BCUT2D eigenvalue weighted by Gasteiger charge is -2.19. The molecule has 0 saturated carbocycles. The van der Waals surface area contributed by atoms with Crippen LogP contribution in [0.4, 0.5) is 0 Å². The highest BCUT2D eigenvalue weighted by Crippen LogP contribution is 2.29. The predicted octanol–water partition coefficient (Wildman–Crippen LogP) is 4.67. The van der Waals surface area contributed by atoms with Gasteiger partial charge in [0.1, 0.15) is 6.54 Å². The van der Waals surface area contributed by atoms with Gasteiger partial charge < -0.3 is 5.32 Å². The highest BCUT2D eigenvalue weighted by molar-refractivity contribution is 5.86. The Balaban J connectivity index is 1.96. The zero-order valence-corrected chi connectivity index (χ0v) is 15.6. The van der Waals surface area contributed by atoms with Crippen LogP contribution in [0, 0.1) is 17.2 Å². The Morgan fingerprint density at radius 2 is 1.93 bits per heavy atom. The topological polar surface area (TPSA) is 65.8 Å². The Hall–Kier alpha value is -3.19. The van der Waals surface area contributed by atoms with E-state index in [0.29, 0.717) is 5.92 Å². The van der Waals surface area contributed by atoms with Gasteiger partial charge in [-0.2, -0.15) is 5.26 Å². The van der Waals surface area contributed by atoms with E-state index < -0.39 is 0 Å². The van der Waals surface area contributed by atoms with E-state index in [-0.39, 0.29) is 18.4 Å². The van der Waals surface area contributed by atoms with Crippen molar-refractivity contribution in [2.24, 2.45) is 5.92 Å². The Morgan fingerprint density at radius 3 is 2.70 bits per heavy atom. The maximum Gasteiger partial charge on any atom is 0.228 e. The van der Waals surface area contributed by atoms with Crippen LogP contribution in [0.15, 0.2) is 60.8 Å². The number of nitriles is 1. The van der Waals surface area contributed by atoms with Crippen LogP contribution in [0.1, 0.15) is 31.7 Å². The van der Waals surface area contributed by atoms with Gasteiger partial charge in [0.25, 0.3) is 0 Å². The number of pyridine rings is 1. The van der Waals surface area contributed by atoms with Crippen LogP contribution in [0.3, 0.4) is 0 Å². The lowest BCUT2D eigenvalue weighted by atomic mass is 9.88. The molecular weight excluding hydrogens is 334 g/mol. The van der Waals surface area contributed by atoms with Crippen molar-refractivity contribution in [1.29, 1.82) is 5.26 Å². The third-order valence-electron chi connectivity index (χ3n) is 4.59. The molecule has 3 aromatic rings. The Bertz CT molecular complexity index is 988. The lowest BCUT2D eigenvalue weighted by Crippen LogP contribution is -2.30. The molecule has 0 aliphatic rings. The summed E-state index contributed by atoms with van der Waals surface area (Å²) in [5.41, 5.74) is 4.05. The summed E-state index contributed by atoms with van der Waals surface area (Å²) < 4.78 is 0. The molecule has 4 heteroatoms. The summed E-state index contributed by atoms with van der Waals surface area (Å²) in [5.74, 6) is 0.0100. The minimum absolute atomic E-state index is 0.0312. The van der Waals surface area contributed by atoms with Crippen LogP contribution in [0.5, 0.6) is 0 Å². The van der Waals surface area contributed by atoms with Crippen molar-refractivity contribution in [3.8, 4) is 17.2 Å². The van der Waals surface area contributed by atoms with Crippen LogP contribution in [-0.4, -0.2) is 17.4 Å². The molecule has 1 N–H and O–H groups in total. The molecular formula is C23H23N3O. The van der Waals surface area contributed by atoms with Crippen LogP contribution in [0.25, 0.3) is 22.0 Å². The van der Waals surface area contributed by atoms with Gasteiger partial charge in [-0.3, -0.25) is 9.78 Å². The first-order valence-corrected chi connectivity index (χ1v) is 9.18. The van der Waals surface area contributed by atoms with Gasteiger partial charge in [0.05, 0.1) is 17.5 Å². The third kappa shape index (κ3) is 4.51. The van der Waals surface area contributed by atoms with Crippen molar-refractivity contribution in [2.75, 3.05) is 6.54 Å². The second-order valence-electron chi connectivity index (χ2n) is 7.09. The quantitative estimate of drug-likeness (QED) is 0.652. The Labute approximate surface area is 159 Å². The molecule has 136 valence electrons. The molecule has 0 spiro atoms. The Morgan fingerprint density at radius 1 is 1.11 bits per heavy atom. The lowest BCUT2D eigenvalue weighted by molar-refractivity contribution is -0.122. The van der Waals surface area contributed by atoms with Gasteiger partial charge in [0.2, 0.25) is 5.91 Å². The number of hydrogen-bond donors (Lipinski definition) is 1. The summed E-state index contributed by atoms with van der Waals surface area (Å²) in [6.07, 6.45) is 2.53. The molecule has 1 aromatic heterocycles. The van der Waals surface area contributed by atoms with Crippen LogP contribution in [-0.2, 0) is 4.79 Å². The van der Waals surface area contributed by atoms with Gasteiger partial charge in [-0.1, -0.05) is 56.3 Å². The number of fused-ring (bicyclic) bond motifs is 1. The Kier molecular flexibility index (Phi) is 5.83. The van der Waals surface area contributed by atoms with E-state index in [1.54, 1.807) is 6.20 Å². The fourth-order valence-corrected chi connectivity index (χ4v) is 3.30. The summed E-state index contributed by atoms with van der Waals surface area (Å²) in [7, 11) is 0. The first-order valence-electron chi connectivity index (χ1n) is 9.18. The van der Waals surface area contributed by atoms with Crippen molar-refractivity contribution >= 4 is 16.8 Å². The highest BCUT2D eigenvalue weighted by Gasteiger charge is 2.22. The van der Waals surface area contributed by atoms with Crippen LogP contribution < -0.4 is 5.32 Å². The minimum Gasteiger partial charge on any atom is -0.342 e. The molecule has 27 heavy (non-hydrogen) atoms. The number of aromatic nitrogens is 1. The maximum absolute atomic E-state index is 12.6. The number of nitrogens with zero attached hydrogens (tertiary/aromatic N) is 2. The largest absolute Gasteiger partial charge is 0.342 e. The summed E-state index contributed by atoms with van der Waals surface area (Å²) in [5, 5.41) is 12.6. The number of carbonyl (C=O) groups is 1. The van der Waals surface area contributed by atoms with Gasteiger partial charge >= 0.3 is 0 Å². The second-order valence-corrected chi connectivity index (χ2v) is 7.09. The van der Waals surface area contributed by atoms with Gasteiger partial charge in [-0.05, 0) is 41.2 Å². The fraction of sp³-hybridized carbons (Fsp3) is 0.261. The number of carbonyl (C=O) groups excluding carboxylic acids is 1. The molecule has 1 amide bonds. The number of hydrogen-bond acceptors (Lipinski definition) is 3. The highest BCUT2D eigenvalue weighted by atomic mass is 16.1. The predicted molar refractivity (Wildman–Crippen MR) is 108 cm³/mol. The van der Waals surface area contributed by atoms with E-state index in [9.17, 15) is 4.79 Å². The second kappa shape index (κ2) is 8.46. The summed E-state index contributed by atoms with van der Waals surface area (Å²) in [6, 6.07) is 20.3. The molecule has 1 unspecified atom stereocenters. The van der Waals surface area contributed by atoms with E-state index in [2.05, 4.69) is 48.4 Å². The molecule has 0 aliphatic heterocycles. The molecule has 1 atom stereocenters. The molecule has 0 saturated heterocycles. The van der Waals surface area contributed by atoms with Crippen LogP contribution >= 0.6 is 0 Å². The average Bonchev–Trinajstić information content (AvgIpc) is 2.69. The average molecular weight is 357 g/mol. The molecule has 0 bridgehead atoms. The van der Waals surface area contributed by atoms with Crippen molar-refractivity contribution < 1.29 is 4.79 Å². The first kappa shape index (κ1) is 18.6. The normalized spacial score (nSPS) is 11.9. The zero-order valence-electron chi connectivity index (χ0n) is 15.6. The number of benzene rings is 2. The van der Waals surface area contributed by atoms with Gasteiger partial charge in [0, 0.05) is 11.6 Å². The van der Waals surface area contributed by atoms with Crippen molar-refractivity contribution in [1.82, 2.24) is 10.3 Å². The summed E-state index contributed by atoms with van der Waals surface area (Å²) >= 11 is 0. The third-order valence-corrected chi connectivity index (χ3v) is 4.59. The van der Waals surface area contributed by atoms with E-state index in [1.165, 1.54) is 0 Å². The minimum atomic E-state index is -0.267. The van der Waals surface area contributed by atoms with Crippen LogP contribution in [0.2, 0.25) is 0 Å². The summed E-state index contributed by atoms with van der Waals surface area (Å²) in [4.78, 5) is 17.0. The number of amides is 1. The molecule has 0 fully saturated rings. The number of nitrogens with one attached hydrogen (secondary N) is 1. The van der Waals surface area contributed by atoms with Gasteiger partial charge in [-0.15, -0.1) is 0 Å². The van der Waals surface area contributed by atoms with Crippen molar-refractivity contribution in [3.63, 3.8) is 0 Å². The maximum atomic E-state index is 12.6. The van der Waals surface area contributed by atoms with Gasteiger partial charge in [-0.25, -0.2) is 0 Å². The molecule has 1 heterocycles. The molecule has 0 radical (unpaired) electrons.